The van der Waals surface area contributed by atoms with Gasteiger partial charge in [-0.1, -0.05) is 13.8 Å². The molecular formula is C14H17FN2OS. The molecular weight excluding hydrogens is 263 g/mol. The molecule has 1 heterocycles. The molecule has 0 bridgehead atoms. The molecule has 1 aliphatic carbocycles. The van der Waals surface area contributed by atoms with Crippen LogP contribution in [0.3, 0.4) is 0 Å². The summed E-state index contributed by atoms with van der Waals surface area (Å²) >= 11 is 5.39. The summed E-state index contributed by atoms with van der Waals surface area (Å²) in [5.41, 5.74) is 1.73. The lowest BCUT2D eigenvalue weighted by atomic mass is 9.64. The molecule has 3 nitrogen and oxygen atoms in total. The third kappa shape index (κ3) is 1.75. The maximum absolute atomic E-state index is 13.3. The zero-order chi connectivity index (χ0) is 13.8. The van der Waals surface area contributed by atoms with Crippen molar-refractivity contribution in [3.63, 3.8) is 0 Å². The number of imidazole rings is 1. The molecule has 0 spiro atoms. The van der Waals surface area contributed by atoms with E-state index in [1.54, 1.807) is 13.2 Å². The van der Waals surface area contributed by atoms with Crippen LogP contribution in [0.4, 0.5) is 4.39 Å². The van der Waals surface area contributed by atoms with E-state index in [9.17, 15) is 4.39 Å². The highest BCUT2D eigenvalue weighted by Gasteiger charge is 2.50. The maximum Gasteiger partial charge on any atom is 0.178 e. The van der Waals surface area contributed by atoms with Crippen LogP contribution in [-0.2, 0) is 4.74 Å². The van der Waals surface area contributed by atoms with Gasteiger partial charge in [0.05, 0.1) is 17.1 Å². The van der Waals surface area contributed by atoms with Gasteiger partial charge in [-0.2, -0.15) is 0 Å². The molecule has 1 N–H and O–H groups in total. The summed E-state index contributed by atoms with van der Waals surface area (Å²) in [6.07, 6.45) is 1.17. The smallest absolute Gasteiger partial charge is 0.178 e. The number of nitrogens with zero attached hydrogens (tertiary/aromatic N) is 1. The molecule has 1 aromatic carbocycles. The number of rotatable bonds is 2. The number of aromatic amines is 1. The van der Waals surface area contributed by atoms with Crippen LogP contribution < -0.4 is 0 Å². The lowest BCUT2D eigenvalue weighted by Crippen LogP contribution is -2.51. The summed E-state index contributed by atoms with van der Waals surface area (Å²) in [5.74, 6) is -0.251. The topological polar surface area (TPSA) is 29.9 Å². The van der Waals surface area contributed by atoms with Gasteiger partial charge < -0.3 is 14.3 Å². The van der Waals surface area contributed by atoms with Gasteiger partial charge in [0.25, 0.3) is 0 Å². The van der Waals surface area contributed by atoms with Gasteiger partial charge in [0.1, 0.15) is 5.82 Å². The Balaban J connectivity index is 2.12. The predicted octanol–water partition coefficient (Wildman–Crippen LogP) is 3.82. The third-order valence-electron chi connectivity index (χ3n) is 4.40. The van der Waals surface area contributed by atoms with E-state index in [2.05, 4.69) is 23.4 Å². The predicted molar refractivity (Wildman–Crippen MR) is 75.3 cm³/mol. The third-order valence-corrected chi connectivity index (χ3v) is 4.70. The molecule has 5 heteroatoms. The van der Waals surface area contributed by atoms with E-state index in [1.807, 2.05) is 0 Å². The maximum atomic E-state index is 13.3. The highest BCUT2D eigenvalue weighted by atomic mass is 32.1. The summed E-state index contributed by atoms with van der Waals surface area (Å²) in [5, 5.41) is 0. The minimum Gasteiger partial charge on any atom is -0.381 e. The SMILES string of the molecule is COC1CC(n2c(=S)[nH]c3cc(F)ccc32)C1(C)C. The van der Waals surface area contributed by atoms with Crippen molar-refractivity contribution in [2.24, 2.45) is 5.41 Å². The van der Waals surface area contributed by atoms with Crippen LogP contribution in [0.2, 0.25) is 0 Å². The first kappa shape index (κ1) is 12.8. The number of hydrogen-bond donors (Lipinski definition) is 1. The molecule has 102 valence electrons. The minimum atomic E-state index is -0.251. The Kier molecular flexibility index (Phi) is 2.80. The molecule has 19 heavy (non-hydrogen) atoms. The van der Waals surface area contributed by atoms with E-state index in [0.717, 1.165) is 17.5 Å². The monoisotopic (exact) mass is 280 g/mol. The summed E-state index contributed by atoms with van der Waals surface area (Å²) < 4.78 is 21.5. The van der Waals surface area contributed by atoms with Crippen LogP contribution in [0.15, 0.2) is 18.2 Å². The van der Waals surface area contributed by atoms with Gasteiger partial charge in [0.15, 0.2) is 4.77 Å². The zero-order valence-electron chi connectivity index (χ0n) is 11.2. The second-order valence-electron chi connectivity index (χ2n) is 5.76. The molecule has 1 fully saturated rings. The average Bonchev–Trinajstić information content (AvgIpc) is 2.64. The van der Waals surface area contributed by atoms with Crippen molar-refractivity contribution in [3.8, 4) is 0 Å². The standard InChI is InChI=1S/C14H17FN2OS/c1-14(2)11(7-12(14)18-3)17-10-5-4-8(15)6-9(10)16-13(17)19/h4-6,11-12H,7H2,1-3H3,(H,16,19). The van der Waals surface area contributed by atoms with Gasteiger partial charge in [-0.25, -0.2) is 4.39 Å². The Bertz CT molecular complexity index is 688. The molecule has 2 unspecified atom stereocenters. The summed E-state index contributed by atoms with van der Waals surface area (Å²) in [7, 11) is 1.74. The fraction of sp³-hybridized carbons (Fsp3) is 0.500. The van der Waals surface area contributed by atoms with E-state index in [0.29, 0.717) is 4.77 Å². The first-order valence-corrected chi connectivity index (χ1v) is 6.78. The second-order valence-corrected chi connectivity index (χ2v) is 6.15. The van der Waals surface area contributed by atoms with Gasteiger partial charge in [-0.3, -0.25) is 0 Å². The number of benzene rings is 1. The van der Waals surface area contributed by atoms with Crippen molar-refractivity contribution in [1.82, 2.24) is 9.55 Å². The van der Waals surface area contributed by atoms with E-state index in [4.69, 9.17) is 17.0 Å². The Morgan fingerprint density at radius 1 is 1.47 bits per heavy atom. The van der Waals surface area contributed by atoms with Crippen molar-refractivity contribution < 1.29 is 9.13 Å². The van der Waals surface area contributed by atoms with Crippen molar-refractivity contribution in [3.05, 3.63) is 28.8 Å². The Hall–Kier alpha value is -1.20. The molecule has 1 aliphatic rings. The number of aromatic nitrogens is 2. The zero-order valence-corrected chi connectivity index (χ0v) is 12.1. The molecule has 1 saturated carbocycles. The van der Waals surface area contributed by atoms with Gasteiger partial charge in [0.2, 0.25) is 0 Å². The molecule has 2 aromatic rings. The molecule has 2 atom stereocenters. The first-order valence-electron chi connectivity index (χ1n) is 6.37. The normalized spacial score (nSPS) is 25.5. The minimum absolute atomic E-state index is 0.0243. The van der Waals surface area contributed by atoms with E-state index in [1.165, 1.54) is 12.1 Å². The number of H-pyrrole nitrogens is 1. The Morgan fingerprint density at radius 2 is 2.21 bits per heavy atom. The quantitative estimate of drug-likeness (QED) is 0.847. The number of hydrogen-bond acceptors (Lipinski definition) is 2. The highest BCUT2D eigenvalue weighted by molar-refractivity contribution is 7.71. The van der Waals surface area contributed by atoms with Crippen LogP contribution in [0, 0.1) is 16.0 Å². The molecule has 3 rings (SSSR count). The van der Waals surface area contributed by atoms with E-state index in [-0.39, 0.29) is 23.4 Å². The first-order chi connectivity index (χ1) is 8.95. The van der Waals surface area contributed by atoms with Gasteiger partial charge >= 0.3 is 0 Å². The van der Waals surface area contributed by atoms with Crippen LogP contribution >= 0.6 is 12.2 Å². The Morgan fingerprint density at radius 3 is 2.84 bits per heavy atom. The number of fused-ring (bicyclic) bond motifs is 1. The largest absolute Gasteiger partial charge is 0.381 e. The highest BCUT2D eigenvalue weighted by Crippen LogP contribution is 2.51. The lowest BCUT2D eigenvalue weighted by molar-refractivity contribution is -0.111. The molecule has 0 aliphatic heterocycles. The number of halogens is 1. The van der Waals surface area contributed by atoms with E-state index < -0.39 is 0 Å². The second kappa shape index (κ2) is 4.15. The van der Waals surface area contributed by atoms with Gasteiger partial charge in [-0.05, 0) is 36.8 Å². The molecule has 1 aromatic heterocycles. The van der Waals surface area contributed by atoms with Gasteiger partial charge in [0, 0.05) is 18.6 Å². The van der Waals surface area contributed by atoms with Crippen molar-refractivity contribution >= 4 is 23.3 Å². The number of nitrogens with one attached hydrogen (secondary N) is 1. The van der Waals surface area contributed by atoms with Crippen LogP contribution in [0.5, 0.6) is 0 Å². The van der Waals surface area contributed by atoms with Crippen LogP contribution in [-0.4, -0.2) is 22.8 Å². The van der Waals surface area contributed by atoms with E-state index >= 15 is 0 Å². The summed E-state index contributed by atoms with van der Waals surface area (Å²) in [6, 6.07) is 5.03. The summed E-state index contributed by atoms with van der Waals surface area (Å²) in [4.78, 5) is 3.08. The average molecular weight is 280 g/mol. The lowest BCUT2D eigenvalue weighted by Gasteiger charge is -2.51. The molecule has 0 amide bonds. The summed E-state index contributed by atoms with van der Waals surface area (Å²) in [6.45, 7) is 4.36. The van der Waals surface area contributed by atoms with Gasteiger partial charge in [-0.15, -0.1) is 0 Å². The fourth-order valence-corrected chi connectivity index (χ4v) is 3.45. The fourth-order valence-electron chi connectivity index (χ4n) is 3.12. The van der Waals surface area contributed by atoms with Crippen LogP contribution in [0.25, 0.3) is 11.0 Å². The number of methoxy groups -OCH3 is 1. The van der Waals surface area contributed by atoms with Crippen LogP contribution in [0.1, 0.15) is 26.3 Å². The van der Waals surface area contributed by atoms with Crippen molar-refractivity contribution in [2.45, 2.75) is 32.4 Å². The molecule has 0 radical (unpaired) electrons. The Labute approximate surface area is 116 Å². The molecule has 0 saturated heterocycles. The van der Waals surface area contributed by atoms with Crippen molar-refractivity contribution in [1.29, 1.82) is 0 Å². The van der Waals surface area contributed by atoms with Crippen molar-refractivity contribution in [2.75, 3.05) is 7.11 Å². The number of ether oxygens (including phenoxy) is 1.